The molecule has 0 unspecified atom stereocenters. The van der Waals surface area contributed by atoms with Gasteiger partial charge in [-0.2, -0.15) is 0 Å². The van der Waals surface area contributed by atoms with Crippen LogP contribution in [-0.4, -0.2) is 49.5 Å². The molecule has 0 aromatic heterocycles. The van der Waals surface area contributed by atoms with Crippen LogP contribution in [-0.2, 0) is 32.6 Å². The van der Waals surface area contributed by atoms with Crippen molar-refractivity contribution in [1.82, 2.24) is 10.2 Å². The highest BCUT2D eigenvalue weighted by Crippen LogP contribution is 2.28. The fourth-order valence-electron chi connectivity index (χ4n) is 4.46. The summed E-state index contributed by atoms with van der Waals surface area (Å²) in [6, 6.07) is 22.5. The molecule has 0 fully saturated rings. The quantitative estimate of drug-likeness (QED) is 0.266. The molecular weight excluding hydrogens is 581 g/mol. The van der Waals surface area contributed by atoms with Crippen LogP contribution in [0.2, 0.25) is 10.0 Å². The number of rotatable bonds is 12. The fourth-order valence-corrected chi connectivity index (χ4v) is 5.94. The molecule has 41 heavy (non-hydrogen) atoms. The number of hydrogen-bond donors (Lipinski definition) is 1. The third-order valence-electron chi connectivity index (χ3n) is 6.36. The van der Waals surface area contributed by atoms with E-state index in [0.29, 0.717) is 21.3 Å². The summed E-state index contributed by atoms with van der Waals surface area (Å²) in [4.78, 5) is 29.1. The average Bonchev–Trinajstić information content (AvgIpc) is 2.89. The van der Waals surface area contributed by atoms with Crippen LogP contribution in [0.15, 0.2) is 78.9 Å². The van der Waals surface area contributed by atoms with Gasteiger partial charge in [0, 0.05) is 47.1 Å². The van der Waals surface area contributed by atoms with Crippen molar-refractivity contribution in [2.75, 3.05) is 17.1 Å². The van der Waals surface area contributed by atoms with E-state index in [2.05, 4.69) is 5.32 Å². The van der Waals surface area contributed by atoms with Gasteiger partial charge in [0.2, 0.25) is 21.8 Å². The van der Waals surface area contributed by atoms with Crippen molar-refractivity contribution in [3.05, 3.63) is 100 Å². The molecule has 220 valence electrons. The Labute approximate surface area is 253 Å². The standard InChI is InChI=1S/C31H37Cl2N3O4S/c1-31(2,3)34-30(38)28(21-23-13-7-5-8-14-23)35(22-25-26(32)17-11-18-27(25)33)29(37)19-12-20-36(41(4,39)40)24-15-9-6-10-16-24/h5-11,13-18,28H,12,19-22H2,1-4H3,(H,34,38)/t28-/m0/s1. The topological polar surface area (TPSA) is 86.8 Å². The van der Waals surface area contributed by atoms with Crippen LogP contribution in [0.4, 0.5) is 5.69 Å². The highest BCUT2D eigenvalue weighted by Gasteiger charge is 2.33. The zero-order chi connectivity index (χ0) is 30.2. The van der Waals surface area contributed by atoms with E-state index in [1.165, 1.54) is 9.21 Å². The first-order chi connectivity index (χ1) is 19.3. The monoisotopic (exact) mass is 617 g/mol. The van der Waals surface area contributed by atoms with Gasteiger partial charge in [0.15, 0.2) is 0 Å². The summed E-state index contributed by atoms with van der Waals surface area (Å²) >= 11 is 13.0. The SMILES string of the molecule is CC(C)(C)NC(=O)[C@H](Cc1ccccc1)N(Cc1c(Cl)cccc1Cl)C(=O)CCCN(c1ccccc1)S(C)(=O)=O. The van der Waals surface area contributed by atoms with Gasteiger partial charge in [-0.05, 0) is 57.0 Å². The van der Waals surface area contributed by atoms with Gasteiger partial charge in [-0.25, -0.2) is 8.42 Å². The Bertz CT molecular complexity index is 1410. The Morgan fingerprint density at radius 2 is 1.44 bits per heavy atom. The Hall–Kier alpha value is -3.07. The molecule has 0 aliphatic rings. The first kappa shape index (κ1) is 32.4. The first-order valence-corrected chi connectivity index (χ1v) is 16.0. The van der Waals surface area contributed by atoms with Crippen LogP contribution < -0.4 is 9.62 Å². The number of hydrogen-bond acceptors (Lipinski definition) is 4. The van der Waals surface area contributed by atoms with E-state index in [1.807, 2.05) is 51.1 Å². The van der Waals surface area contributed by atoms with Gasteiger partial charge < -0.3 is 10.2 Å². The maximum Gasteiger partial charge on any atom is 0.243 e. The summed E-state index contributed by atoms with van der Waals surface area (Å²) in [6.45, 7) is 5.76. The van der Waals surface area contributed by atoms with Crippen molar-refractivity contribution in [1.29, 1.82) is 0 Å². The lowest BCUT2D eigenvalue weighted by molar-refractivity contribution is -0.142. The van der Waals surface area contributed by atoms with Crippen LogP contribution in [0.25, 0.3) is 0 Å². The Kier molecular flexibility index (Phi) is 11.2. The summed E-state index contributed by atoms with van der Waals surface area (Å²) in [5.74, 6) is -0.618. The third kappa shape index (κ3) is 9.76. The predicted octanol–water partition coefficient (Wildman–Crippen LogP) is 6.09. The summed E-state index contributed by atoms with van der Waals surface area (Å²) < 4.78 is 26.4. The predicted molar refractivity (Wildman–Crippen MR) is 167 cm³/mol. The van der Waals surface area contributed by atoms with E-state index in [-0.39, 0.29) is 44.2 Å². The zero-order valence-electron chi connectivity index (χ0n) is 23.8. The number of halogens is 2. The van der Waals surface area contributed by atoms with E-state index in [1.54, 1.807) is 48.5 Å². The summed E-state index contributed by atoms with van der Waals surface area (Å²) in [7, 11) is -3.58. The smallest absolute Gasteiger partial charge is 0.243 e. The van der Waals surface area contributed by atoms with Crippen LogP contribution in [0.1, 0.15) is 44.7 Å². The van der Waals surface area contributed by atoms with Gasteiger partial charge in [-0.1, -0.05) is 77.8 Å². The van der Waals surface area contributed by atoms with Gasteiger partial charge >= 0.3 is 0 Å². The van der Waals surface area contributed by atoms with E-state index in [4.69, 9.17) is 23.2 Å². The number of carbonyl (C=O) groups is 2. The number of para-hydroxylation sites is 1. The molecule has 0 heterocycles. The first-order valence-electron chi connectivity index (χ1n) is 13.4. The van der Waals surface area contributed by atoms with Crippen LogP contribution in [0.5, 0.6) is 0 Å². The van der Waals surface area contributed by atoms with Crippen molar-refractivity contribution in [2.45, 2.75) is 58.2 Å². The molecule has 2 amide bonds. The van der Waals surface area contributed by atoms with Crippen molar-refractivity contribution < 1.29 is 18.0 Å². The average molecular weight is 619 g/mol. The number of anilines is 1. The largest absolute Gasteiger partial charge is 0.350 e. The lowest BCUT2D eigenvalue weighted by Gasteiger charge is -2.34. The molecule has 0 aliphatic carbocycles. The Morgan fingerprint density at radius 3 is 1.98 bits per heavy atom. The minimum Gasteiger partial charge on any atom is -0.350 e. The molecule has 1 atom stereocenters. The molecule has 0 saturated carbocycles. The normalized spacial score (nSPS) is 12.4. The molecular formula is C31H37Cl2N3O4S. The maximum atomic E-state index is 13.9. The number of nitrogens with one attached hydrogen (secondary N) is 1. The second-order valence-electron chi connectivity index (χ2n) is 10.9. The number of nitrogens with zero attached hydrogens (tertiary/aromatic N) is 2. The van der Waals surface area contributed by atoms with E-state index >= 15 is 0 Å². The van der Waals surface area contributed by atoms with Gasteiger partial charge in [0.1, 0.15) is 6.04 Å². The van der Waals surface area contributed by atoms with Gasteiger partial charge in [0.25, 0.3) is 0 Å². The lowest BCUT2D eigenvalue weighted by Crippen LogP contribution is -2.54. The van der Waals surface area contributed by atoms with Gasteiger partial charge in [-0.3, -0.25) is 13.9 Å². The number of sulfonamides is 1. The third-order valence-corrected chi connectivity index (χ3v) is 8.26. The van der Waals surface area contributed by atoms with E-state index in [0.717, 1.165) is 11.8 Å². The second kappa shape index (κ2) is 14.2. The number of benzene rings is 3. The molecule has 7 nitrogen and oxygen atoms in total. The lowest BCUT2D eigenvalue weighted by atomic mass is 10.00. The highest BCUT2D eigenvalue weighted by molar-refractivity contribution is 7.92. The minimum atomic E-state index is -3.58. The maximum absolute atomic E-state index is 13.9. The molecule has 10 heteroatoms. The molecule has 3 rings (SSSR count). The Morgan fingerprint density at radius 1 is 0.878 bits per heavy atom. The van der Waals surface area contributed by atoms with Crippen molar-refractivity contribution >= 4 is 50.7 Å². The zero-order valence-corrected chi connectivity index (χ0v) is 26.1. The molecule has 0 spiro atoms. The summed E-state index contributed by atoms with van der Waals surface area (Å²) in [5.41, 5.74) is 1.41. The minimum absolute atomic E-state index is 0.00894. The molecule has 0 aliphatic heterocycles. The van der Waals surface area contributed by atoms with Crippen molar-refractivity contribution in [3.63, 3.8) is 0 Å². The molecule has 0 saturated heterocycles. The molecule has 3 aromatic rings. The Balaban J connectivity index is 1.94. The summed E-state index contributed by atoms with van der Waals surface area (Å²) in [5, 5.41) is 3.79. The fraction of sp³-hybridized carbons (Fsp3) is 0.355. The van der Waals surface area contributed by atoms with Gasteiger partial charge in [0.05, 0.1) is 11.9 Å². The van der Waals surface area contributed by atoms with Crippen LogP contribution >= 0.6 is 23.2 Å². The molecule has 0 bridgehead atoms. The second-order valence-corrected chi connectivity index (χ2v) is 13.7. The van der Waals surface area contributed by atoms with Crippen molar-refractivity contribution in [2.24, 2.45) is 0 Å². The molecule has 3 aromatic carbocycles. The number of amides is 2. The van der Waals surface area contributed by atoms with Crippen molar-refractivity contribution in [3.8, 4) is 0 Å². The molecule has 1 N–H and O–H groups in total. The van der Waals surface area contributed by atoms with Crippen LogP contribution in [0.3, 0.4) is 0 Å². The summed E-state index contributed by atoms with van der Waals surface area (Å²) in [6.07, 6.45) is 1.66. The van der Waals surface area contributed by atoms with E-state index in [9.17, 15) is 18.0 Å². The molecule has 0 radical (unpaired) electrons. The van der Waals surface area contributed by atoms with Gasteiger partial charge in [-0.15, -0.1) is 0 Å². The highest BCUT2D eigenvalue weighted by atomic mass is 35.5. The van der Waals surface area contributed by atoms with Crippen LogP contribution in [0, 0.1) is 0 Å². The number of carbonyl (C=O) groups excluding carboxylic acids is 2. The van der Waals surface area contributed by atoms with E-state index < -0.39 is 21.6 Å².